The van der Waals surface area contributed by atoms with E-state index in [-0.39, 0.29) is 36.3 Å². The van der Waals surface area contributed by atoms with Crippen LogP contribution in [0.2, 0.25) is 25.7 Å². The first-order valence-corrected chi connectivity index (χ1v) is 22.0. The summed E-state index contributed by atoms with van der Waals surface area (Å²) in [7, 11) is -1.17. The third-order valence-corrected chi connectivity index (χ3v) is 11.9. The molecule has 5 aromatic rings. The lowest BCUT2D eigenvalue weighted by atomic mass is 9.98. The number of aryl methyl sites for hydroxylation is 1. The van der Waals surface area contributed by atoms with Gasteiger partial charge in [-0.3, -0.25) is 14.7 Å². The number of likely N-dealkylation sites (tertiary alicyclic amines) is 1. The van der Waals surface area contributed by atoms with Crippen LogP contribution in [0.5, 0.6) is 0 Å². The van der Waals surface area contributed by atoms with Gasteiger partial charge in [0.25, 0.3) is 0 Å². The Kier molecular flexibility index (Phi) is 10.4. The topological polar surface area (TPSA) is 105 Å². The fourth-order valence-corrected chi connectivity index (χ4v) is 8.06. The van der Waals surface area contributed by atoms with E-state index in [9.17, 15) is 14.0 Å². The second-order valence-electron chi connectivity index (χ2n) is 15.5. The Morgan fingerprint density at radius 2 is 1.87 bits per heavy atom. The number of aromatic nitrogens is 3. The first-order chi connectivity index (χ1) is 25.0. The molecule has 0 aliphatic carbocycles. The van der Waals surface area contributed by atoms with Crippen LogP contribution in [-0.4, -0.2) is 76.9 Å². The smallest absolute Gasteiger partial charge is 0.322 e. The predicted octanol–water partition coefficient (Wildman–Crippen LogP) is 7.26. The monoisotopic (exact) mass is 721 g/mol. The van der Waals surface area contributed by atoms with Crippen molar-refractivity contribution in [2.24, 2.45) is 0 Å². The molecule has 2 aliphatic rings. The Hall–Kier alpha value is -4.65. The normalized spacial score (nSPS) is 16.2. The molecular weight excluding hydrogens is 674 g/mol. The molecule has 12 heteroatoms. The number of ether oxygens (including phenoxy) is 1. The number of benzene rings is 3. The Balaban J connectivity index is 1.02. The number of anilines is 1. The van der Waals surface area contributed by atoms with Crippen molar-refractivity contribution in [3.05, 3.63) is 101 Å². The molecule has 1 unspecified atom stereocenters. The van der Waals surface area contributed by atoms with E-state index in [1.807, 2.05) is 47.3 Å². The highest BCUT2D eigenvalue weighted by molar-refractivity contribution is 6.76. The maximum Gasteiger partial charge on any atom is 0.322 e. The second-order valence-corrected chi connectivity index (χ2v) is 21.1. The van der Waals surface area contributed by atoms with Crippen LogP contribution in [0, 0.1) is 12.7 Å². The number of carbonyl (C=O) groups excluding carboxylic acids is 2. The third kappa shape index (κ3) is 8.35. The highest BCUT2D eigenvalue weighted by Crippen LogP contribution is 2.30. The van der Waals surface area contributed by atoms with Gasteiger partial charge in [-0.05, 0) is 73.2 Å². The molecule has 3 amide bonds. The van der Waals surface area contributed by atoms with Crippen LogP contribution in [0.15, 0.2) is 72.9 Å². The molecule has 4 heterocycles. The fourth-order valence-electron chi connectivity index (χ4n) is 7.30. The van der Waals surface area contributed by atoms with Gasteiger partial charge >= 0.3 is 6.03 Å². The van der Waals surface area contributed by atoms with Crippen LogP contribution >= 0.6 is 0 Å². The van der Waals surface area contributed by atoms with Crippen molar-refractivity contribution >= 4 is 47.5 Å². The molecule has 1 saturated heterocycles. The summed E-state index contributed by atoms with van der Waals surface area (Å²) in [5.41, 5.74) is 5.86. The molecule has 2 N–H and O–H groups in total. The highest BCUT2D eigenvalue weighted by Gasteiger charge is 2.33. The predicted molar refractivity (Wildman–Crippen MR) is 205 cm³/mol. The molecule has 7 rings (SSSR count). The van der Waals surface area contributed by atoms with Gasteiger partial charge in [0.05, 0.1) is 35.0 Å². The number of amides is 3. The summed E-state index contributed by atoms with van der Waals surface area (Å²) in [5, 5.41) is 12.9. The first-order valence-electron chi connectivity index (χ1n) is 18.3. The van der Waals surface area contributed by atoms with Crippen LogP contribution in [0.1, 0.15) is 41.3 Å². The number of nitrogens with zero attached hydrogens (tertiary/aromatic N) is 5. The molecule has 3 aromatic carbocycles. The molecule has 0 bridgehead atoms. The van der Waals surface area contributed by atoms with Crippen molar-refractivity contribution in [2.45, 2.75) is 77.2 Å². The zero-order valence-corrected chi connectivity index (χ0v) is 31.5. The van der Waals surface area contributed by atoms with Gasteiger partial charge in [0.2, 0.25) is 5.91 Å². The standard InChI is InChI=1S/C40H48FN7O3Si/c1-27-20-28(21-31-23-47(45-38(27)31)26-51-18-19-52(2,3)4)22-36(35-13-12-29-8-5-6-11-34(29)42-35)43-37(49)25-46-16-14-32(15-17-46)48-24-30-9-7-10-33(41)39(30)44-40(48)50/h5-13,20-21,23,32,36H,14-19,22,24-26H2,1-4H3,(H,43,49)(H,44,50). The molecule has 2 aromatic heterocycles. The van der Waals surface area contributed by atoms with E-state index in [1.165, 1.54) is 6.07 Å². The Labute approximate surface area is 305 Å². The van der Waals surface area contributed by atoms with Gasteiger partial charge in [-0.15, -0.1) is 0 Å². The van der Waals surface area contributed by atoms with Crippen LogP contribution in [0.4, 0.5) is 14.9 Å². The number of rotatable bonds is 12. The first kappa shape index (κ1) is 35.7. The Morgan fingerprint density at radius 1 is 1.06 bits per heavy atom. The number of fused-ring (bicyclic) bond motifs is 3. The fraction of sp³-hybridized carbons (Fsp3) is 0.400. The SMILES string of the molecule is Cc1cc(CC(NC(=O)CN2CCC(N3Cc4cccc(F)c4NC3=O)CC2)c2ccc3ccccc3n2)cc2cn(COCC[Si](C)(C)C)nc12. The Morgan fingerprint density at radius 3 is 2.67 bits per heavy atom. The number of hydrogen-bond acceptors (Lipinski definition) is 6. The number of halogens is 1. The molecule has 0 saturated carbocycles. The largest absolute Gasteiger partial charge is 0.360 e. The molecule has 52 heavy (non-hydrogen) atoms. The summed E-state index contributed by atoms with van der Waals surface area (Å²) < 4.78 is 22.1. The maximum absolute atomic E-state index is 14.2. The van der Waals surface area contributed by atoms with Crippen LogP contribution in [-0.2, 0) is 29.2 Å². The third-order valence-electron chi connectivity index (χ3n) is 10.2. The number of piperidine rings is 1. The summed E-state index contributed by atoms with van der Waals surface area (Å²) >= 11 is 0. The van der Waals surface area contributed by atoms with Crippen molar-refractivity contribution in [3.63, 3.8) is 0 Å². The second kappa shape index (κ2) is 15.1. The van der Waals surface area contributed by atoms with Gasteiger partial charge in [-0.1, -0.05) is 62.1 Å². The molecule has 1 fully saturated rings. The molecule has 1 atom stereocenters. The van der Waals surface area contributed by atoms with Gasteiger partial charge in [0.1, 0.15) is 12.5 Å². The number of hydrogen-bond donors (Lipinski definition) is 2. The quantitative estimate of drug-likeness (QED) is 0.104. The van der Waals surface area contributed by atoms with E-state index in [2.05, 4.69) is 60.3 Å². The average molecular weight is 722 g/mol. The van der Waals surface area contributed by atoms with Crippen molar-refractivity contribution in [1.82, 2.24) is 29.9 Å². The minimum Gasteiger partial charge on any atom is -0.360 e. The Bertz CT molecular complexity index is 2090. The summed E-state index contributed by atoms with van der Waals surface area (Å²) in [6.07, 6.45) is 4.07. The van der Waals surface area contributed by atoms with Crippen molar-refractivity contribution in [2.75, 3.05) is 31.6 Å². The van der Waals surface area contributed by atoms with Crippen molar-refractivity contribution in [1.29, 1.82) is 0 Å². The molecule has 0 spiro atoms. The van der Waals surface area contributed by atoms with E-state index in [1.54, 1.807) is 11.0 Å². The molecule has 2 aliphatic heterocycles. The van der Waals surface area contributed by atoms with E-state index < -0.39 is 13.9 Å². The zero-order valence-electron chi connectivity index (χ0n) is 30.5. The molecular formula is C40H48FN7O3Si. The lowest BCUT2D eigenvalue weighted by molar-refractivity contribution is -0.123. The van der Waals surface area contributed by atoms with Crippen molar-refractivity contribution < 1.29 is 18.7 Å². The minimum atomic E-state index is -1.17. The number of para-hydroxylation sites is 2. The molecule has 10 nitrogen and oxygen atoms in total. The van der Waals surface area contributed by atoms with Gasteiger partial charge in [-0.2, -0.15) is 5.10 Å². The highest BCUT2D eigenvalue weighted by atomic mass is 28.3. The summed E-state index contributed by atoms with van der Waals surface area (Å²) in [6, 6.07) is 21.8. The average Bonchev–Trinajstić information content (AvgIpc) is 3.53. The summed E-state index contributed by atoms with van der Waals surface area (Å²) in [5.74, 6) is -0.483. The minimum absolute atomic E-state index is 0.0181. The van der Waals surface area contributed by atoms with E-state index in [0.29, 0.717) is 32.8 Å². The zero-order chi connectivity index (χ0) is 36.4. The number of nitrogens with one attached hydrogen (secondary N) is 2. The van der Waals surface area contributed by atoms with Gasteiger partial charge in [-0.25, -0.2) is 13.9 Å². The maximum atomic E-state index is 14.2. The van der Waals surface area contributed by atoms with Gasteiger partial charge in [0, 0.05) is 57.3 Å². The summed E-state index contributed by atoms with van der Waals surface area (Å²) in [6.45, 7) is 12.3. The number of pyridine rings is 1. The van der Waals surface area contributed by atoms with E-state index in [0.717, 1.165) is 69.7 Å². The van der Waals surface area contributed by atoms with E-state index in [4.69, 9.17) is 14.8 Å². The van der Waals surface area contributed by atoms with Crippen molar-refractivity contribution in [3.8, 4) is 0 Å². The molecule has 0 radical (unpaired) electrons. The lowest BCUT2D eigenvalue weighted by Gasteiger charge is -2.40. The van der Waals surface area contributed by atoms with Crippen LogP contribution < -0.4 is 10.6 Å². The van der Waals surface area contributed by atoms with Gasteiger partial charge in [0.15, 0.2) is 0 Å². The lowest BCUT2D eigenvalue weighted by Crippen LogP contribution is -2.51. The van der Waals surface area contributed by atoms with Gasteiger partial charge < -0.3 is 20.3 Å². The van der Waals surface area contributed by atoms with Crippen LogP contribution in [0.25, 0.3) is 21.8 Å². The number of carbonyl (C=O) groups is 2. The van der Waals surface area contributed by atoms with E-state index >= 15 is 0 Å². The summed E-state index contributed by atoms with van der Waals surface area (Å²) in [4.78, 5) is 35.5. The number of urea groups is 1. The van der Waals surface area contributed by atoms with Crippen LogP contribution in [0.3, 0.4) is 0 Å². The molecule has 272 valence electrons.